The maximum Gasteiger partial charge on any atom is 0.328 e. The molecule has 0 aromatic heterocycles. The van der Waals surface area contributed by atoms with E-state index in [0.29, 0.717) is 0 Å². The van der Waals surface area contributed by atoms with Crippen molar-refractivity contribution < 1.29 is 19.8 Å². The first-order chi connectivity index (χ1) is 13.2. The second-order valence-electron chi connectivity index (χ2n) is 6.09. The average Bonchev–Trinajstić information content (AvgIpc) is 2.61. The average molecular weight is 426 g/mol. The number of rotatable bonds is 10. The summed E-state index contributed by atoms with van der Waals surface area (Å²) < 4.78 is 0. The minimum atomic E-state index is -0.961. The second kappa shape index (κ2) is 20.9. The van der Waals surface area contributed by atoms with Crippen LogP contribution in [0.2, 0.25) is 0 Å². The fraction of sp³-hybridized carbons (Fsp3) is 0.167. The molecule has 0 heterocycles. The van der Waals surface area contributed by atoms with Gasteiger partial charge in [-0.25, -0.2) is 9.59 Å². The van der Waals surface area contributed by atoms with Crippen LogP contribution in [0.4, 0.5) is 0 Å². The molecule has 0 atom stereocenters. The molecule has 0 spiro atoms. The van der Waals surface area contributed by atoms with Crippen LogP contribution in [0.5, 0.6) is 0 Å². The Hall–Kier alpha value is -1.40. The summed E-state index contributed by atoms with van der Waals surface area (Å²) in [5.74, 6) is -1.92. The summed E-state index contributed by atoms with van der Waals surface area (Å²) in [6.45, 7) is 7.63. The van der Waals surface area contributed by atoms with Gasteiger partial charge in [0.1, 0.15) is 0 Å². The summed E-state index contributed by atoms with van der Waals surface area (Å²) in [6, 6.07) is 0. The van der Waals surface area contributed by atoms with Crippen molar-refractivity contribution in [2.75, 3.05) is 0 Å². The van der Waals surface area contributed by atoms with Gasteiger partial charge in [0.2, 0.25) is 0 Å². The SMILES string of the molecule is CC(/C=C/C=C(C)/C=C/C(=O)O)=C\C=C\C=C(C)\C=C\C=C(C)\C=C\C(=O)O.[Na].[Na]. The van der Waals surface area contributed by atoms with Gasteiger partial charge < -0.3 is 10.2 Å². The molecule has 0 aliphatic rings. The van der Waals surface area contributed by atoms with E-state index in [1.807, 2.05) is 88.5 Å². The molecule has 0 saturated heterocycles. The van der Waals surface area contributed by atoms with Gasteiger partial charge in [0.25, 0.3) is 0 Å². The molecule has 0 bridgehead atoms. The van der Waals surface area contributed by atoms with E-state index in [-0.39, 0.29) is 59.1 Å². The van der Waals surface area contributed by atoms with Gasteiger partial charge >= 0.3 is 11.9 Å². The van der Waals surface area contributed by atoms with E-state index in [0.717, 1.165) is 34.4 Å². The normalized spacial score (nSPS) is 14.1. The van der Waals surface area contributed by atoms with E-state index in [9.17, 15) is 9.59 Å². The fourth-order valence-corrected chi connectivity index (χ4v) is 1.75. The van der Waals surface area contributed by atoms with Crippen LogP contribution in [0.15, 0.2) is 107 Å². The number of carboxylic acids is 2. The largest absolute Gasteiger partial charge is 0.478 e. The number of hydrogen-bond acceptors (Lipinski definition) is 2. The number of hydrogen-bond donors (Lipinski definition) is 2. The topological polar surface area (TPSA) is 74.6 Å². The molecule has 2 radical (unpaired) electrons. The molecule has 0 aliphatic carbocycles. The van der Waals surface area contributed by atoms with Crippen LogP contribution in [-0.2, 0) is 9.59 Å². The molecule has 4 nitrogen and oxygen atoms in total. The quantitative estimate of drug-likeness (QED) is 0.294. The number of carboxylic acid groups (broad SMARTS) is 2. The Kier molecular flexibility index (Phi) is 23.1. The Morgan fingerprint density at radius 2 is 0.733 bits per heavy atom. The van der Waals surface area contributed by atoms with Crippen LogP contribution < -0.4 is 0 Å². The molecule has 0 aliphatic heterocycles. The molecule has 0 amide bonds. The summed E-state index contributed by atoms with van der Waals surface area (Å²) in [6.07, 6.45) is 24.5. The Balaban J connectivity index is -0.00000364. The van der Waals surface area contributed by atoms with Gasteiger partial charge in [-0.2, -0.15) is 0 Å². The van der Waals surface area contributed by atoms with Crippen LogP contribution in [0.3, 0.4) is 0 Å². The van der Waals surface area contributed by atoms with Crippen molar-refractivity contribution in [3.8, 4) is 0 Å². The van der Waals surface area contributed by atoms with Gasteiger partial charge in [0.05, 0.1) is 0 Å². The molecule has 30 heavy (non-hydrogen) atoms. The van der Waals surface area contributed by atoms with Crippen molar-refractivity contribution in [2.24, 2.45) is 0 Å². The maximum absolute atomic E-state index is 10.4. The van der Waals surface area contributed by atoms with E-state index in [1.54, 1.807) is 12.2 Å². The van der Waals surface area contributed by atoms with E-state index in [4.69, 9.17) is 10.2 Å². The van der Waals surface area contributed by atoms with E-state index >= 15 is 0 Å². The van der Waals surface area contributed by atoms with Gasteiger partial charge in [0.15, 0.2) is 0 Å². The summed E-state index contributed by atoms with van der Waals surface area (Å²) in [5.41, 5.74) is 3.84. The summed E-state index contributed by atoms with van der Waals surface area (Å²) in [4.78, 5) is 20.9. The Morgan fingerprint density at radius 1 is 0.467 bits per heavy atom. The molecule has 150 valence electrons. The predicted octanol–water partition coefficient (Wildman–Crippen LogP) is 4.96. The van der Waals surface area contributed by atoms with Crippen molar-refractivity contribution in [3.05, 3.63) is 107 Å². The molecule has 2 N–H and O–H groups in total. The number of carbonyl (C=O) groups is 2. The zero-order valence-corrected chi connectivity index (χ0v) is 22.8. The van der Waals surface area contributed by atoms with Crippen LogP contribution >= 0.6 is 0 Å². The van der Waals surface area contributed by atoms with Gasteiger partial charge in [-0.05, 0) is 27.7 Å². The minimum absolute atomic E-state index is 0. The zero-order valence-electron chi connectivity index (χ0n) is 18.8. The van der Waals surface area contributed by atoms with Crippen LogP contribution in [0, 0.1) is 0 Å². The van der Waals surface area contributed by atoms with Crippen molar-refractivity contribution in [3.63, 3.8) is 0 Å². The molecule has 0 saturated carbocycles. The third-order valence-corrected chi connectivity index (χ3v) is 3.24. The van der Waals surface area contributed by atoms with Gasteiger partial charge in [-0.1, -0.05) is 95.2 Å². The smallest absolute Gasteiger partial charge is 0.328 e. The first kappa shape index (κ1) is 33.2. The van der Waals surface area contributed by atoms with Crippen molar-refractivity contribution in [1.29, 1.82) is 0 Å². The molecule has 0 aromatic carbocycles. The Labute approximate surface area is 224 Å². The first-order valence-corrected chi connectivity index (χ1v) is 8.74. The van der Waals surface area contributed by atoms with Gasteiger partial charge in [0, 0.05) is 71.3 Å². The van der Waals surface area contributed by atoms with Crippen molar-refractivity contribution in [2.45, 2.75) is 27.7 Å². The predicted molar refractivity (Wildman–Crippen MR) is 128 cm³/mol. The summed E-state index contributed by atoms with van der Waals surface area (Å²) in [7, 11) is 0. The van der Waals surface area contributed by atoms with E-state index in [2.05, 4.69) is 0 Å². The van der Waals surface area contributed by atoms with Crippen LogP contribution in [-0.4, -0.2) is 81.3 Å². The zero-order chi connectivity index (χ0) is 21.4. The molecule has 0 aromatic rings. The van der Waals surface area contributed by atoms with Crippen LogP contribution in [0.1, 0.15) is 27.7 Å². The van der Waals surface area contributed by atoms with Crippen molar-refractivity contribution in [1.82, 2.24) is 0 Å². The van der Waals surface area contributed by atoms with E-state index in [1.165, 1.54) is 0 Å². The monoisotopic (exact) mass is 426 g/mol. The van der Waals surface area contributed by atoms with Crippen LogP contribution in [0.25, 0.3) is 0 Å². The van der Waals surface area contributed by atoms with Gasteiger partial charge in [-0.3, -0.25) is 0 Å². The molecular formula is C24H28Na2O4. The Bertz CT molecular complexity index is 750. The third kappa shape index (κ3) is 22.9. The first-order valence-electron chi connectivity index (χ1n) is 8.74. The standard InChI is InChI=1S/C24H28O4.2Na/c1-19(11-7-13-21(3)15-17-23(25)26)9-5-6-10-20(2)12-8-14-22(4)16-18-24(27)28;;/h5-18H,1-4H3,(H,25,26)(H,27,28);;/b6-5+,11-7+,12-8+,17-15+,18-16+,19-9+,20-10+,21-13+,22-14+;;. The summed E-state index contributed by atoms with van der Waals surface area (Å²) >= 11 is 0. The Morgan fingerprint density at radius 3 is 1.03 bits per heavy atom. The minimum Gasteiger partial charge on any atom is -0.478 e. The molecule has 0 rings (SSSR count). The third-order valence-electron chi connectivity index (χ3n) is 3.24. The molecule has 0 unspecified atom stereocenters. The molecule has 6 heteroatoms. The fourth-order valence-electron chi connectivity index (χ4n) is 1.75. The second-order valence-corrected chi connectivity index (χ2v) is 6.09. The summed E-state index contributed by atoms with van der Waals surface area (Å²) in [5, 5.41) is 17.1. The van der Waals surface area contributed by atoms with E-state index < -0.39 is 11.9 Å². The molecular weight excluding hydrogens is 398 g/mol. The number of aliphatic carboxylic acids is 2. The maximum atomic E-state index is 10.4. The number of allylic oxidation sites excluding steroid dienone is 16. The molecule has 0 fully saturated rings. The van der Waals surface area contributed by atoms with Crippen molar-refractivity contribution >= 4 is 71.1 Å². The van der Waals surface area contributed by atoms with Gasteiger partial charge in [-0.15, -0.1) is 0 Å².